The van der Waals surface area contributed by atoms with Gasteiger partial charge < -0.3 is 9.73 Å². The number of hydrogen-bond donors (Lipinski definition) is 1. The number of carbonyl (C=O) groups is 1. The highest BCUT2D eigenvalue weighted by Crippen LogP contribution is 2.28. The van der Waals surface area contributed by atoms with Gasteiger partial charge in [-0.1, -0.05) is 48.5 Å². The van der Waals surface area contributed by atoms with Crippen molar-refractivity contribution in [3.63, 3.8) is 0 Å². The van der Waals surface area contributed by atoms with Gasteiger partial charge in [0.05, 0.1) is 0 Å². The number of carbonyl (C=O) groups excluding carboxylic acids is 1. The molecule has 0 spiro atoms. The molecule has 130 valence electrons. The minimum Gasteiger partial charge on any atom is -0.459 e. The molecule has 5 heteroatoms. The van der Waals surface area contributed by atoms with Crippen LogP contribution in [0.4, 0.5) is 0 Å². The van der Waals surface area contributed by atoms with Crippen LogP contribution in [0.15, 0.2) is 83.5 Å². The Balaban J connectivity index is 1.68. The number of rotatable bonds is 5. The van der Waals surface area contributed by atoms with Crippen LogP contribution in [-0.4, -0.2) is 15.7 Å². The number of fused-ring (bicyclic) bond motifs is 1. The van der Waals surface area contributed by atoms with E-state index in [1.807, 2.05) is 67.6 Å². The highest BCUT2D eigenvalue weighted by molar-refractivity contribution is 5.81. The fourth-order valence-electron chi connectivity index (χ4n) is 3.00. The average molecular weight is 345 g/mol. The van der Waals surface area contributed by atoms with Gasteiger partial charge in [-0.05, 0) is 30.7 Å². The maximum atomic E-state index is 12.8. The van der Waals surface area contributed by atoms with E-state index in [-0.39, 0.29) is 11.9 Å². The third-order valence-electron chi connectivity index (χ3n) is 4.45. The molecule has 2 unspecified atom stereocenters. The molecule has 0 saturated carbocycles. The normalized spacial score (nSPS) is 13.4. The second-order valence-corrected chi connectivity index (χ2v) is 6.20. The number of hydrogen-bond acceptors (Lipinski definition) is 3. The van der Waals surface area contributed by atoms with Gasteiger partial charge in [-0.25, -0.2) is 0 Å². The lowest BCUT2D eigenvalue weighted by Crippen LogP contribution is -2.34. The van der Waals surface area contributed by atoms with Gasteiger partial charge in [0.15, 0.2) is 0 Å². The zero-order valence-electron chi connectivity index (χ0n) is 14.4. The van der Waals surface area contributed by atoms with E-state index in [0.717, 1.165) is 16.5 Å². The number of para-hydroxylation sites is 1. The number of benzene rings is 2. The van der Waals surface area contributed by atoms with Crippen molar-refractivity contribution in [2.24, 2.45) is 0 Å². The summed E-state index contributed by atoms with van der Waals surface area (Å²) in [5.74, 6) is 0.585. The first-order chi connectivity index (χ1) is 12.7. The van der Waals surface area contributed by atoms with Crippen LogP contribution >= 0.6 is 0 Å². The van der Waals surface area contributed by atoms with Gasteiger partial charge in [-0.15, -0.1) is 0 Å². The number of nitrogens with zero attached hydrogens (tertiary/aromatic N) is 2. The summed E-state index contributed by atoms with van der Waals surface area (Å²) in [6.07, 6.45) is 3.45. The van der Waals surface area contributed by atoms with E-state index in [0.29, 0.717) is 5.76 Å². The summed E-state index contributed by atoms with van der Waals surface area (Å²) in [6.45, 7) is 1.82. The fourth-order valence-corrected chi connectivity index (χ4v) is 3.00. The third kappa shape index (κ3) is 3.11. The predicted octanol–water partition coefficient (Wildman–Crippen LogP) is 4.10. The van der Waals surface area contributed by atoms with Gasteiger partial charge in [0.1, 0.15) is 23.4 Å². The molecular formula is C21H19N3O2. The highest BCUT2D eigenvalue weighted by Gasteiger charge is 2.24. The summed E-state index contributed by atoms with van der Waals surface area (Å²) in [5, 5.41) is 8.27. The van der Waals surface area contributed by atoms with Gasteiger partial charge in [0, 0.05) is 17.8 Å². The lowest BCUT2D eigenvalue weighted by atomic mass is 10.0. The van der Waals surface area contributed by atoms with Crippen molar-refractivity contribution in [3.8, 4) is 0 Å². The molecule has 0 bridgehead atoms. The molecule has 26 heavy (non-hydrogen) atoms. The van der Waals surface area contributed by atoms with Crippen molar-refractivity contribution < 1.29 is 9.21 Å². The molecule has 4 rings (SSSR count). The first-order valence-electron chi connectivity index (χ1n) is 8.55. The Hall–Kier alpha value is -3.34. The number of aromatic nitrogens is 2. The van der Waals surface area contributed by atoms with E-state index >= 15 is 0 Å². The molecule has 5 nitrogen and oxygen atoms in total. The van der Waals surface area contributed by atoms with Crippen LogP contribution in [0, 0.1) is 0 Å². The molecule has 0 radical (unpaired) electrons. The monoisotopic (exact) mass is 345 g/mol. The summed E-state index contributed by atoms with van der Waals surface area (Å²) in [4.78, 5) is 12.8. The molecule has 0 aliphatic rings. The molecule has 4 aromatic rings. The predicted molar refractivity (Wildman–Crippen MR) is 99.6 cm³/mol. The maximum absolute atomic E-state index is 12.8. The van der Waals surface area contributed by atoms with Crippen molar-refractivity contribution in [2.45, 2.75) is 19.0 Å². The maximum Gasteiger partial charge on any atom is 0.245 e. The summed E-state index contributed by atoms with van der Waals surface area (Å²) >= 11 is 0. The average Bonchev–Trinajstić information content (AvgIpc) is 3.35. The standard InChI is InChI=1S/C21H19N3O2/c1-15(24-13-7-12-22-24)21(25)23-20(16-8-3-2-4-9-16)19-14-17-10-5-6-11-18(17)26-19/h2-15,20H,1H3,(H,23,25). The largest absolute Gasteiger partial charge is 0.459 e. The van der Waals surface area contributed by atoms with Crippen molar-refractivity contribution in [2.75, 3.05) is 0 Å². The fraction of sp³-hybridized carbons (Fsp3) is 0.143. The van der Waals surface area contributed by atoms with Gasteiger partial charge in [-0.2, -0.15) is 5.10 Å². The van der Waals surface area contributed by atoms with E-state index in [1.165, 1.54) is 0 Å². The number of amides is 1. The smallest absolute Gasteiger partial charge is 0.245 e. The van der Waals surface area contributed by atoms with Crippen LogP contribution in [0.1, 0.15) is 30.3 Å². The summed E-state index contributed by atoms with van der Waals surface area (Å²) in [5.41, 5.74) is 1.77. The first-order valence-corrected chi connectivity index (χ1v) is 8.55. The van der Waals surface area contributed by atoms with E-state index < -0.39 is 6.04 Å². The van der Waals surface area contributed by atoms with Crippen molar-refractivity contribution >= 4 is 16.9 Å². The Labute approximate surface area is 151 Å². The van der Waals surface area contributed by atoms with E-state index in [4.69, 9.17) is 4.42 Å². The van der Waals surface area contributed by atoms with Crippen LogP contribution in [0.25, 0.3) is 11.0 Å². The van der Waals surface area contributed by atoms with Crippen LogP contribution in [-0.2, 0) is 4.79 Å². The lowest BCUT2D eigenvalue weighted by Gasteiger charge is -2.20. The third-order valence-corrected chi connectivity index (χ3v) is 4.45. The Morgan fingerprint density at radius 2 is 1.85 bits per heavy atom. The lowest BCUT2D eigenvalue weighted by molar-refractivity contribution is -0.124. The minimum atomic E-state index is -0.416. The second-order valence-electron chi connectivity index (χ2n) is 6.20. The topological polar surface area (TPSA) is 60.1 Å². The summed E-state index contributed by atoms with van der Waals surface area (Å²) in [7, 11) is 0. The van der Waals surface area contributed by atoms with Gasteiger partial charge in [0.2, 0.25) is 5.91 Å². The Morgan fingerprint density at radius 3 is 2.58 bits per heavy atom. The molecule has 2 aromatic heterocycles. The van der Waals surface area contributed by atoms with Crippen LogP contribution < -0.4 is 5.32 Å². The molecule has 0 fully saturated rings. The molecule has 0 aliphatic heterocycles. The number of nitrogens with one attached hydrogen (secondary N) is 1. The highest BCUT2D eigenvalue weighted by atomic mass is 16.3. The Morgan fingerprint density at radius 1 is 1.08 bits per heavy atom. The zero-order valence-corrected chi connectivity index (χ0v) is 14.4. The minimum absolute atomic E-state index is 0.122. The molecule has 0 saturated heterocycles. The van der Waals surface area contributed by atoms with E-state index in [1.54, 1.807) is 23.1 Å². The summed E-state index contributed by atoms with van der Waals surface area (Å²) in [6, 6.07) is 20.7. The molecule has 2 atom stereocenters. The molecular weight excluding hydrogens is 326 g/mol. The van der Waals surface area contributed by atoms with E-state index in [9.17, 15) is 4.79 Å². The van der Waals surface area contributed by atoms with Gasteiger partial charge in [0.25, 0.3) is 0 Å². The zero-order chi connectivity index (χ0) is 17.9. The van der Waals surface area contributed by atoms with Crippen molar-refractivity contribution in [1.29, 1.82) is 0 Å². The second kappa shape index (κ2) is 6.88. The van der Waals surface area contributed by atoms with Crippen molar-refractivity contribution in [1.82, 2.24) is 15.1 Å². The van der Waals surface area contributed by atoms with Gasteiger partial charge in [-0.3, -0.25) is 9.48 Å². The SMILES string of the molecule is CC(C(=O)NC(c1ccccc1)c1cc2ccccc2o1)n1cccn1. The summed E-state index contributed by atoms with van der Waals surface area (Å²) < 4.78 is 7.65. The van der Waals surface area contributed by atoms with Crippen molar-refractivity contribution in [3.05, 3.63) is 90.4 Å². The first kappa shape index (κ1) is 16.1. The molecule has 2 heterocycles. The molecule has 1 N–H and O–H groups in total. The molecule has 0 aliphatic carbocycles. The molecule has 2 aromatic carbocycles. The Bertz CT molecular complexity index is 973. The van der Waals surface area contributed by atoms with Crippen LogP contribution in [0.3, 0.4) is 0 Å². The van der Waals surface area contributed by atoms with Gasteiger partial charge >= 0.3 is 0 Å². The quantitative estimate of drug-likeness (QED) is 0.592. The van der Waals surface area contributed by atoms with E-state index in [2.05, 4.69) is 10.4 Å². The Kier molecular flexibility index (Phi) is 4.27. The molecule has 1 amide bonds. The number of furan rings is 1. The van der Waals surface area contributed by atoms with Crippen LogP contribution in [0.5, 0.6) is 0 Å². The van der Waals surface area contributed by atoms with Crippen LogP contribution in [0.2, 0.25) is 0 Å².